The lowest BCUT2D eigenvalue weighted by Gasteiger charge is -2.12. The number of nitrogens with one attached hydrogen (secondary N) is 1. The molecule has 6 nitrogen and oxygen atoms in total. The summed E-state index contributed by atoms with van der Waals surface area (Å²) in [6.45, 7) is 2.10. The predicted molar refractivity (Wildman–Crippen MR) is 107 cm³/mol. The standard InChI is InChI=1S/C19H17BrFN3O3S/c1-2-27-18-8-5-14(20)9-19(18)28(25,26)24-11-16-10-17(23-12-22-16)13-3-6-15(21)7-4-13/h3-10,12,24H,2,11H2,1H3. The highest BCUT2D eigenvalue weighted by Crippen LogP contribution is 2.27. The first kappa shape index (κ1) is 20.4. The van der Waals surface area contributed by atoms with Crippen molar-refractivity contribution in [2.24, 2.45) is 0 Å². The summed E-state index contributed by atoms with van der Waals surface area (Å²) in [5.74, 6) is -0.0715. The van der Waals surface area contributed by atoms with Crippen LogP contribution in [-0.2, 0) is 16.6 Å². The van der Waals surface area contributed by atoms with Gasteiger partial charge in [0.25, 0.3) is 0 Å². The molecule has 9 heteroatoms. The first-order valence-corrected chi connectivity index (χ1v) is 10.7. The smallest absolute Gasteiger partial charge is 0.244 e. The monoisotopic (exact) mass is 465 g/mol. The Bertz CT molecular complexity index is 1080. The molecule has 0 aliphatic carbocycles. The van der Waals surface area contributed by atoms with Crippen molar-refractivity contribution in [3.8, 4) is 17.0 Å². The SMILES string of the molecule is CCOc1ccc(Br)cc1S(=O)(=O)NCc1cc(-c2ccc(F)cc2)ncn1. The lowest BCUT2D eigenvalue weighted by Crippen LogP contribution is -2.24. The Kier molecular flexibility index (Phi) is 6.38. The van der Waals surface area contributed by atoms with E-state index >= 15 is 0 Å². The molecule has 0 atom stereocenters. The van der Waals surface area contributed by atoms with Crippen LogP contribution in [0.2, 0.25) is 0 Å². The number of rotatable bonds is 7. The van der Waals surface area contributed by atoms with Crippen molar-refractivity contribution in [2.45, 2.75) is 18.4 Å². The van der Waals surface area contributed by atoms with Gasteiger partial charge in [0, 0.05) is 10.0 Å². The van der Waals surface area contributed by atoms with Gasteiger partial charge < -0.3 is 4.74 Å². The normalized spacial score (nSPS) is 11.4. The second-order valence-electron chi connectivity index (χ2n) is 5.75. The van der Waals surface area contributed by atoms with Gasteiger partial charge in [0.2, 0.25) is 10.0 Å². The second kappa shape index (κ2) is 8.76. The fourth-order valence-corrected chi connectivity index (χ4v) is 4.17. The summed E-state index contributed by atoms with van der Waals surface area (Å²) >= 11 is 3.28. The Morgan fingerprint density at radius 3 is 2.57 bits per heavy atom. The maximum Gasteiger partial charge on any atom is 0.244 e. The van der Waals surface area contributed by atoms with E-state index in [0.717, 1.165) is 0 Å². The van der Waals surface area contributed by atoms with Crippen LogP contribution in [0.1, 0.15) is 12.6 Å². The van der Waals surface area contributed by atoms with Crippen LogP contribution in [0.25, 0.3) is 11.3 Å². The molecule has 3 rings (SSSR count). The molecule has 0 saturated carbocycles. The number of hydrogen-bond acceptors (Lipinski definition) is 5. The van der Waals surface area contributed by atoms with E-state index in [0.29, 0.717) is 28.0 Å². The van der Waals surface area contributed by atoms with Crippen molar-refractivity contribution in [3.05, 3.63) is 70.8 Å². The summed E-state index contributed by atoms with van der Waals surface area (Å²) < 4.78 is 47.2. The highest BCUT2D eigenvalue weighted by atomic mass is 79.9. The van der Waals surface area contributed by atoms with E-state index in [-0.39, 0.29) is 23.0 Å². The maximum absolute atomic E-state index is 13.1. The largest absolute Gasteiger partial charge is 0.492 e. The minimum atomic E-state index is -3.83. The van der Waals surface area contributed by atoms with Crippen molar-refractivity contribution in [1.29, 1.82) is 0 Å². The average molecular weight is 466 g/mol. The zero-order valence-corrected chi connectivity index (χ0v) is 17.3. The summed E-state index contributed by atoms with van der Waals surface area (Å²) in [5, 5.41) is 0. The molecule has 0 aliphatic heterocycles. The molecule has 0 unspecified atom stereocenters. The summed E-state index contributed by atoms with van der Waals surface area (Å²) in [4.78, 5) is 8.30. The molecule has 3 aromatic rings. The van der Waals surface area contributed by atoms with E-state index in [1.807, 2.05) is 0 Å². The van der Waals surface area contributed by atoms with E-state index in [1.54, 1.807) is 37.3 Å². The van der Waals surface area contributed by atoms with Crippen molar-refractivity contribution < 1.29 is 17.5 Å². The van der Waals surface area contributed by atoms with Gasteiger partial charge >= 0.3 is 0 Å². The van der Waals surface area contributed by atoms with Gasteiger partial charge in [-0.1, -0.05) is 15.9 Å². The zero-order valence-electron chi connectivity index (χ0n) is 14.9. The summed E-state index contributed by atoms with van der Waals surface area (Å²) in [6.07, 6.45) is 1.34. The van der Waals surface area contributed by atoms with Crippen molar-refractivity contribution >= 4 is 26.0 Å². The highest BCUT2D eigenvalue weighted by Gasteiger charge is 2.20. The fourth-order valence-electron chi connectivity index (χ4n) is 2.49. The molecule has 0 amide bonds. The Morgan fingerprint density at radius 2 is 1.86 bits per heavy atom. The van der Waals surface area contributed by atoms with Crippen LogP contribution in [0, 0.1) is 5.82 Å². The minimum absolute atomic E-state index is 0.0306. The molecule has 1 N–H and O–H groups in total. The Morgan fingerprint density at radius 1 is 1.11 bits per heavy atom. The van der Waals surface area contributed by atoms with Gasteiger partial charge in [-0.05, 0) is 55.5 Å². The first-order chi connectivity index (χ1) is 13.4. The Hall–Kier alpha value is -2.36. The van der Waals surface area contributed by atoms with Crippen LogP contribution < -0.4 is 9.46 Å². The summed E-state index contributed by atoms with van der Waals surface area (Å²) in [7, 11) is -3.83. The van der Waals surface area contributed by atoms with Gasteiger partial charge in [-0.2, -0.15) is 0 Å². The number of ether oxygens (including phenoxy) is 1. The van der Waals surface area contributed by atoms with Gasteiger partial charge in [-0.25, -0.2) is 27.5 Å². The molecule has 146 valence electrons. The maximum atomic E-state index is 13.1. The number of nitrogens with zero attached hydrogens (tertiary/aromatic N) is 2. The van der Waals surface area contributed by atoms with E-state index < -0.39 is 10.0 Å². The van der Waals surface area contributed by atoms with Crippen LogP contribution in [-0.4, -0.2) is 25.0 Å². The number of aromatic nitrogens is 2. The molecule has 1 heterocycles. The summed E-state index contributed by atoms with van der Waals surface area (Å²) in [6, 6.07) is 12.3. The van der Waals surface area contributed by atoms with E-state index in [4.69, 9.17) is 4.74 Å². The van der Waals surface area contributed by atoms with Gasteiger partial charge in [0.1, 0.15) is 22.8 Å². The van der Waals surface area contributed by atoms with Crippen molar-refractivity contribution in [1.82, 2.24) is 14.7 Å². The van der Waals surface area contributed by atoms with Gasteiger partial charge in [0.15, 0.2) is 0 Å². The first-order valence-electron chi connectivity index (χ1n) is 8.38. The number of hydrogen-bond donors (Lipinski definition) is 1. The van der Waals surface area contributed by atoms with E-state index in [1.165, 1.54) is 24.5 Å². The third kappa shape index (κ3) is 4.92. The Labute approximate surface area is 171 Å². The minimum Gasteiger partial charge on any atom is -0.492 e. The molecule has 28 heavy (non-hydrogen) atoms. The molecule has 0 aliphatic rings. The van der Waals surface area contributed by atoms with Crippen molar-refractivity contribution in [2.75, 3.05) is 6.61 Å². The third-order valence-electron chi connectivity index (χ3n) is 3.80. The molecule has 0 spiro atoms. The van der Waals surface area contributed by atoms with Crippen LogP contribution in [0.4, 0.5) is 4.39 Å². The third-order valence-corrected chi connectivity index (χ3v) is 5.72. The summed E-state index contributed by atoms with van der Waals surface area (Å²) in [5.41, 5.74) is 1.76. The molecular weight excluding hydrogens is 449 g/mol. The predicted octanol–water partition coefficient (Wildman–Crippen LogP) is 3.92. The van der Waals surface area contributed by atoms with Crippen LogP contribution in [0.15, 0.2) is 64.2 Å². The molecule has 0 radical (unpaired) electrons. The molecule has 0 saturated heterocycles. The highest BCUT2D eigenvalue weighted by molar-refractivity contribution is 9.10. The van der Waals surface area contributed by atoms with E-state index in [2.05, 4.69) is 30.6 Å². The molecule has 2 aromatic carbocycles. The van der Waals surface area contributed by atoms with Gasteiger partial charge in [-0.3, -0.25) is 0 Å². The fraction of sp³-hybridized carbons (Fsp3) is 0.158. The zero-order chi connectivity index (χ0) is 20.1. The number of halogens is 2. The van der Waals surface area contributed by atoms with Crippen molar-refractivity contribution in [3.63, 3.8) is 0 Å². The molecule has 1 aromatic heterocycles. The lowest BCUT2D eigenvalue weighted by molar-refractivity contribution is 0.331. The Balaban J connectivity index is 1.81. The number of sulfonamides is 1. The molecule has 0 bridgehead atoms. The lowest BCUT2D eigenvalue weighted by atomic mass is 10.1. The number of benzene rings is 2. The second-order valence-corrected chi connectivity index (χ2v) is 8.40. The topological polar surface area (TPSA) is 81.2 Å². The average Bonchev–Trinajstić information content (AvgIpc) is 2.69. The van der Waals surface area contributed by atoms with Gasteiger partial charge in [-0.15, -0.1) is 0 Å². The van der Waals surface area contributed by atoms with Crippen LogP contribution >= 0.6 is 15.9 Å². The van der Waals surface area contributed by atoms with Crippen LogP contribution in [0.3, 0.4) is 0 Å². The quantitative estimate of drug-likeness (QED) is 0.571. The van der Waals surface area contributed by atoms with Crippen LogP contribution in [0.5, 0.6) is 5.75 Å². The van der Waals surface area contributed by atoms with Gasteiger partial charge in [0.05, 0.1) is 24.5 Å². The molecule has 0 fully saturated rings. The van der Waals surface area contributed by atoms with E-state index in [9.17, 15) is 12.8 Å². The molecular formula is C19H17BrFN3O3S.